The van der Waals surface area contributed by atoms with Gasteiger partial charge in [-0.25, -0.2) is 0 Å². The molecule has 0 saturated heterocycles. The van der Waals surface area contributed by atoms with E-state index in [1.807, 2.05) is 30.3 Å². The van der Waals surface area contributed by atoms with Crippen LogP contribution in [0.4, 0.5) is 0 Å². The summed E-state index contributed by atoms with van der Waals surface area (Å²) in [5.41, 5.74) is 0.906. The van der Waals surface area contributed by atoms with Gasteiger partial charge in [0.05, 0.1) is 6.61 Å². The number of hydroxylamine groups is 3. The molecular weight excluding hydrogens is 234 g/mol. The molecule has 0 amide bonds. The van der Waals surface area contributed by atoms with Crippen molar-refractivity contribution >= 4 is 5.97 Å². The van der Waals surface area contributed by atoms with Crippen LogP contribution >= 0.6 is 0 Å². The molecule has 5 nitrogen and oxygen atoms in total. The number of carbonyl (C=O) groups is 1. The highest BCUT2D eigenvalue weighted by atomic mass is 16.6. The largest absolute Gasteiger partial charge is 0.632 e. The summed E-state index contributed by atoms with van der Waals surface area (Å²) < 4.78 is 4.20. The van der Waals surface area contributed by atoms with Crippen molar-refractivity contribution in [1.29, 1.82) is 0 Å². The molecule has 0 spiro atoms. The fourth-order valence-corrected chi connectivity index (χ4v) is 1.72. The Morgan fingerprint density at radius 1 is 1.33 bits per heavy atom. The Labute approximate surface area is 107 Å². The van der Waals surface area contributed by atoms with E-state index < -0.39 is 10.6 Å². The summed E-state index contributed by atoms with van der Waals surface area (Å²) in [6.07, 6.45) is 0. The third-order valence-electron chi connectivity index (χ3n) is 2.63. The monoisotopic (exact) mass is 253 g/mol. The topological polar surface area (TPSA) is 69.6 Å². The maximum Gasteiger partial charge on any atom is 0.302 e. The van der Waals surface area contributed by atoms with Gasteiger partial charge < -0.3 is 19.7 Å². The third kappa shape index (κ3) is 5.27. The number of ether oxygens (including phenoxy) is 1. The highest BCUT2D eigenvalue weighted by molar-refractivity contribution is 5.65. The van der Waals surface area contributed by atoms with Crippen LogP contribution in [-0.2, 0) is 16.1 Å². The number of carbonyl (C=O) groups excluding carboxylic acids is 1. The molecule has 1 aromatic carbocycles. The Balaban J connectivity index is 2.59. The molecule has 1 aromatic rings. The van der Waals surface area contributed by atoms with E-state index in [2.05, 4.69) is 0 Å². The molecule has 5 heteroatoms. The summed E-state index contributed by atoms with van der Waals surface area (Å²) in [5.74, 6) is -0.398. The van der Waals surface area contributed by atoms with E-state index >= 15 is 0 Å². The molecule has 0 aliphatic carbocycles. The molecule has 1 atom stereocenters. The number of esters is 1. The van der Waals surface area contributed by atoms with Crippen molar-refractivity contribution in [2.75, 3.05) is 26.3 Å². The lowest BCUT2D eigenvalue weighted by molar-refractivity contribution is -0.894. The maximum atomic E-state index is 12.4. The van der Waals surface area contributed by atoms with Crippen molar-refractivity contribution in [3.05, 3.63) is 41.1 Å². The SMILES string of the molecule is CC(=O)OCC[N+]([O-])(CCO)Cc1ccccc1. The molecule has 0 aromatic heterocycles. The Hall–Kier alpha value is -1.43. The van der Waals surface area contributed by atoms with Crippen LogP contribution in [0.1, 0.15) is 12.5 Å². The van der Waals surface area contributed by atoms with E-state index in [-0.39, 0.29) is 32.8 Å². The second kappa shape index (κ2) is 7.10. The third-order valence-corrected chi connectivity index (χ3v) is 2.63. The molecule has 0 heterocycles. The first-order chi connectivity index (χ1) is 8.56. The van der Waals surface area contributed by atoms with E-state index in [0.717, 1.165) is 5.56 Å². The van der Waals surface area contributed by atoms with Crippen molar-refractivity contribution < 1.29 is 19.3 Å². The molecule has 0 saturated carbocycles. The van der Waals surface area contributed by atoms with Gasteiger partial charge in [0.25, 0.3) is 0 Å². The second-order valence-electron chi connectivity index (χ2n) is 4.21. The number of benzene rings is 1. The van der Waals surface area contributed by atoms with Crippen molar-refractivity contribution in [3.8, 4) is 0 Å². The Bertz CT molecular complexity index is 369. The zero-order valence-electron chi connectivity index (χ0n) is 10.5. The first kappa shape index (κ1) is 14.6. The average molecular weight is 253 g/mol. The van der Waals surface area contributed by atoms with Crippen LogP contribution in [0.25, 0.3) is 0 Å². The van der Waals surface area contributed by atoms with Crippen LogP contribution in [0, 0.1) is 5.21 Å². The fourth-order valence-electron chi connectivity index (χ4n) is 1.72. The van der Waals surface area contributed by atoms with Crippen LogP contribution in [0.2, 0.25) is 0 Å². The quantitative estimate of drug-likeness (QED) is 0.448. The van der Waals surface area contributed by atoms with Crippen LogP contribution in [-0.4, -0.2) is 42.0 Å². The van der Waals surface area contributed by atoms with Gasteiger partial charge in [0, 0.05) is 12.5 Å². The predicted molar refractivity (Wildman–Crippen MR) is 67.2 cm³/mol. The summed E-state index contributed by atoms with van der Waals surface area (Å²) in [6.45, 7) is 1.71. The first-order valence-corrected chi connectivity index (χ1v) is 5.91. The second-order valence-corrected chi connectivity index (χ2v) is 4.21. The Morgan fingerprint density at radius 2 is 2.00 bits per heavy atom. The minimum atomic E-state index is -0.589. The zero-order chi connectivity index (χ0) is 13.4. The number of aliphatic hydroxyl groups is 1. The number of hydrogen-bond acceptors (Lipinski definition) is 4. The zero-order valence-corrected chi connectivity index (χ0v) is 10.5. The van der Waals surface area contributed by atoms with E-state index in [9.17, 15) is 10.0 Å². The molecule has 0 aliphatic rings. The maximum absolute atomic E-state index is 12.4. The standard InChI is InChI=1S/C13H19NO4/c1-12(16)18-10-8-14(17,7-9-15)11-13-5-3-2-4-6-13/h2-6,15H,7-11H2,1H3. The summed E-state index contributed by atoms with van der Waals surface area (Å²) in [5, 5.41) is 21.4. The summed E-state index contributed by atoms with van der Waals surface area (Å²) >= 11 is 0. The highest BCUT2D eigenvalue weighted by Crippen LogP contribution is 2.12. The minimum absolute atomic E-state index is 0.0751. The van der Waals surface area contributed by atoms with Gasteiger partial charge in [-0.1, -0.05) is 30.3 Å². The number of rotatable bonds is 7. The van der Waals surface area contributed by atoms with E-state index in [1.54, 1.807) is 0 Å². The van der Waals surface area contributed by atoms with Gasteiger partial charge in [-0.05, 0) is 0 Å². The smallest absolute Gasteiger partial charge is 0.302 e. The van der Waals surface area contributed by atoms with Gasteiger partial charge in [-0.3, -0.25) is 4.79 Å². The Morgan fingerprint density at radius 3 is 2.56 bits per heavy atom. The molecule has 0 radical (unpaired) electrons. The lowest BCUT2D eigenvalue weighted by Crippen LogP contribution is -2.46. The average Bonchev–Trinajstić information content (AvgIpc) is 2.29. The number of hydrogen-bond donors (Lipinski definition) is 1. The predicted octanol–water partition coefficient (Wildman–Crippen LogP) is 1.06. The van der Waals surface area contributed by atoms with Crippen molar-refractivity contribution in [2.45, 2.75) is 13.5 Å². The lowest BCUT2D eigenvalue weighted by Gasteiger charge is -2.42. The van der Waals surface area contributed by atoms with Gasteiger partial charge in [0.15, 0.2) is 0 Å². The molecule has 0 bridgehead atoms. The van der Waals surface area contributed by atoms with Gasteiger partial charge in [-0.2, -0.15) is 0 Å². The van der Waals surface area contributed by atoms with Crippen LogP contribution in [0.5, 0.6) is 0 Å². The van der Waals surface area contributed by atoms with Crippen molar-refractivity contribution in [3.63, 3.8) is 0 Å². The molecule has 1 rings (SSSR count). The van der Waals surface area contributed by atoms with Gasteiger partial charge in [-0.15, -0.1) is 0 Å². The number of quaternary nitrogens is 1. The molecule has 1 N–H and O–H groups in total. The fraction of sp³-hybridized carbons (Fsp3) is 0.462. The summed E-state index contributed by atoms with van der Waals surface area (Å²) in [6, 6.07) is 9.35. The molecule has 0 fully saturated rings. The molecule has 100 valence electrons. The Kier molecular flexibility index (Phi) is 5.77. The lowest BCUT2D eigenvalue weighted by atomic mass is 10.2. The molecule has 1 unspecified atom stereocenters. The van der Waals surface area contributed by atoms with E-state index in [0.29, 0.717) is 0 Å². The first-order valence-electron chi connectivity index (χ1n) is 5.91. The summed E-state index contributed by atoms with van der Waals surface area (Å²) in [4.78, 5) is 10.7. The van der Waals surface area contributed by atoms with Gasteiger partial charge >= 0.3 is 5.97 Å². The van der Waals surface area contributed by atoms with Gasteiger partial charge in [0.1, 0.15) is 26.2 Å². The molecular formula is C13H19NO4. The van der Waals surface area contributed by atoms with Gasteiger partial charge in [0.2, 0.25) is 0 Å². The molecule has 18 heavy (non-hydrogen) atoms. The van der Waals surface area contributed by atoms with Crippen molar-refractivity contribution in [2.24, 2.45) is 0 Å². The number of aliphatic hydroxyl groups excluding tert-OH is 1. The molecule has 0 aliphatic heterocycles. The van der Waals surface area contributed by atoms with Crippen molar-refractivity contribution in [1.82, 2.24) is 0 Å². The normalized spacial score (nSPS) is 13.9. The minimum Gasteiger partial charge on any atom is -0.632 e. The number of nitrogens with zero attached hydrogens (tertiary/aromatic N) is 1. The summed E-state index contributed by atoms with van der Waals surface area (Å²) in [7, 11) is 0. The van der Waals surface area contributed by atoms with E-state index in [4.69, 9.17) is 9.84 Å². The highest BCUT2D eigenvalue weighted by Gasteiger charge is 2.17. The van der Waals surface area contributed by atoms with Crippen LogP contribution in [0.15, 0.2) is 30.3 Å². The van der Waals surface area contributed by atoms with E-state index in [1.165, 1.54) is 6.92 Å². The van der Waals surface area contributed by atoms with Crippen LogP contribution in [0.3, 0.4) is 0 Å². The van der Waals surface area contributed by atoms with Crippen LogP contribution < -0.4 is 0 Å².